The summed E-state index contributed by atoms with van der Waals surface area (Å²) in [5.74, 6) is 0.114. The smallest absolute Gasteiger partial charge is 0.231 e. The number of piperidine rings is 1. The molecule has 2 fully saturated rings. The number of nitrogens with one attached hydrogen (secondary N) is 2. The maximum absolute atomic E-state index is 13.9. The van der Waals surface area contributed by atoms with Crippen LogP contribution in [0, 0.1) is 18.8 Å². The lowest BCUT2D eigenvalue weighted by Crippen LogP contribution is -2.49. The molecule has 0 aromatic heterocycles. The molecule has 210 valence electrons. The minimum atomic E-state index is -0.363. The van der Waals surface area contributed by atoms with Crippen LogP contribution < -0.4 is 25.0 Å². The van der Waals surface area contributed by atoms with Gasteiger partial charge in [-0.3, -0.25) is 14.4 Å². The van der Waals surface area contributed by atoms with E-state index in [1.807, 2.05) is 36.1 Å². The zero-order chi connectivity index (χ0) is 27.9. The van der Waals surface area contributed by atoms with Crippen molar-refractivity contribution in [3.63, 3.8) is 0 Å². The second kappa shape index (κ2) is 13.1. The number of ketones is 1. The van der Waals surface area contributed by atoms with Crippen LogP contribution in [0.2, 0.25) is 0 Å². The van der Waals surface area contributed by atoms with Crippen molar-refractivity contribution >= 4 is 29.0 Å². The van der Waals surface area contributed by atoms with Gasteiger partial charge in [0.25, 0.3) is 0 Å². The Balaban J connectivity index is 1.50. The van der Waals surface area contributed by atoms with E-state index in [0.717, 1.165) is 18.4 Å². The van der Waals surface area contributed by atoms with Crippen LogP contribution >= 0.6 is 0 Å². The lowest BCUT2D eigenvalue weighted by Gasteiger charge is -2.33. The van der Waals surface area contributed by atoms with Crippen molar-refractivity contribution in [2.45, 2.75) is 45.6 Å². The third-order valence-corrected chi connectivity index (χ3v) is 7.30. The number of methoxy groups -OCH3 is 2. The van der Waals surface area contributed by atoms with Crippen molar-refractivity contribution in [1.29, 1.82) is 0 Å². The average Bonchev–Trinajstić information content (AvgIpc) is 3.77. The zero-order valence-electron chi connectivity index (χ0n) is 23.2. The first-order valence-corrected chi connectivity index (χ1v) is 13.6. The number of Topliss-reactive ketones (excluding diaryl/α,β-unsaturated/α-hetero) is 1. The van der Waals surface area contributed by atoms with E-state index in [2.05, 4.69) is 10.6 Å². The quantitative estimate of drug-likeness (QED) is 0.312. The first kappa shape index (κ1) is 28.6. The molecule has 2 atom stereocenters. The predicted molar refractivity (Wildman–Crippen MR) is 150 cm³/mol. The van der Waals surface area contributed by atoms with E-state index < -0.39 is 0 Å². The summed E-state index contributed by atoms with van der Waals surface area (Å²) in [4.78, 5) is 41.2. The van der Waals surface area contributed by atoms with E-state index in [-0.39, 0.29) is 35.5 Å². The first-order valence-electron chi connectivity index (χ1n) is 13.6. The molecule has 1 heterocycles. The van der Waals surface area contributed by atoms with Crippen LogP contribution in [0.25, 0.3) is 0 Å². The summed E-state index contributed by atoms with van der Waals surface area (Å²) in [6, 6.07) is 11.1. The fraction of sp³-hybridized carbons (Fsp3) is 0.500. The third-order valence-electron chi connectivity index (χ3n) is 7.30. The molecule has 1 aliphatic heterocycles. The molecular weight excluding hydrogens is 498 g/mol. The second-order valence-corrected chi connectivity index (χ2v) is 10.3. The highest BCUT2D eigenvalue weighted by atomic mass is 16.5. The van der Waals surface area contributed by atoms with Crippen LogP contribution in [0.15, 0.2) is 36.4 Å². The Hall–Kier alpha value is -3.43. The molecule has 2 aromatic rings. The maximum Gasteiger partial charge on any atom is 0.231 e. The van der Waals surface area contributed by atoms with Crippen LogP contribution in [-0.4, -0.2) is 64.2 Å². The van der Waals surface area contributed by atoms with Gasteiger partial charge in [0, 0.05) is 51.0 Å². The maximum atomic E-state index is 13.9. The number of anilines is 2. The number of carbonyl (C=O) groups is 3. The van der Waals surface area contributed by atoms with Crippen LogP contribution in [0.5, 0.6) is 11.5 Å². The Morgan fingerprint density at radius 2 is 1.79 bits per heavy atom. The standard InChI is InChI=1S/C30H39N3O6/c1-19-7-5-8-26(38-4)28(19)32-29(35)21-15-22(18-31-17-21)30(36)33(23-9-10-23)24-11-12-25(20(2)34)27(16-24)39-14-6-13-37-3/h5,7-8,11-12,16,21-23,31H,6,9-10,13-15,17-18H2,1-4H3,(H,32,35)/t21-,22+/m0/s1. The van der Waals surface area contributed by atoms with Crippen molar-refractivity contribution in [1.82, 2.24) is 5.32 Å². The summed E-state index contributed by atoms with van der Waals surface area (Å²) in [5.41, 5.74) is 2.77. The molecule has 1 aliphatic carbocycles. The lowest BCUT2D eigenvalue weighted by molar-refractivity contribution is -0.125. The van der Waals surface area contributed by atoms with Gasteiger partial charge < -0.3 is 29.7 Å². The van der Waals surface area contributed by atoms with E-state index in [1.165, 1.54) is 6.92 Å². The number of rotatable bonds is 12. The van der Waals surface area contributed by atoms with Crippen molar-refractivity contribution in [3.05, 3.63) is 47.5 Å². The zero-order valence-corrected chi connectivity index (χ0v) is 23.2. The molecule has 1 saturated carbocycles. The Morgan fingerprint density at radius 3 is 2.49 bits per heavy atom. The Morgan fingerprint density at radius 1 is 1.03 bits per heavy atom. The summed E-state index contributed by atoms with van der Waals surface area (Å²) < 4.78 is 16.5. The highest BCUT2D eigenvalue weighted by molar-refractivity contribution is 6.01. The molecule has 2 aliphatic rings. The number of para-hydroxylation sites is 1. The van der Waals surface area contributed by atoms with Gasteiger partial charge in [-0.2, -0.15) is 0 Å². The van der Waals surface area contributed by atoms with Gasteiger partial charge in [-0.15, -0.1) is 0 Å². The fourth-order valence-electron chi connectivity index (χ4n) is 5.03. The van der Waals surface area contributed by atoms with E-state index >= 15 is 0 Å². The topological polar surface area (TPSA) is 106 Å². The van der Waals surface area contributed by atoms with Gasteiger partial charge in [0.15, 0.2) is 5.78 Å². The highest BCUT2D eigenvalue weighted by Crippen LogP contribution is 2.37. The molecule has 0 bridgehead atoms. The Labute approximate surface area is 230 Å². The molecule has 9 nitrogen and oxygen atoms in total. The number of benzene rings is 2. The van der Waals surface area contributed by atoms with Gasteiger partial charge in [0.05, 0.1) is 36.8 Å². The van der Waals surface area contributed by atoms with Crippen molar-refractivity contribution in [2.24, 2.45) is 11.8 Å². The largest absolute Gasteiger partial charge is 0.495 e. The second-order valence-electron chi connectivity index (χ2n) is 10.3. The van der Waals surface area contributed by atoms with Gasteiger partial charge >= 0.3 is 0 Å². The van der Waals surface area contributed by atoms with Crippen LogP contribution in [0.4, 0.5) is 11.4 Å². The average molecular weight is 538 g/mol. The normalized spacial score (nSPS) is 18.8. The minimum Gasteiger partial charge on any atom is -0.495 e. The highest BCUT2D eigenvalue weighted by Gasteiger charge is 2.40. The molecule has 2 aromatic carbocycles. The molecular formula is C30H39N3O6. The van der Waals surface area contributed by atoms with Gasteiger partial charge in [0.1, 0.15) is 11.5 Å². The Bertz CT molecular complexity index is 1200. The number of ether oxygens (including phenoxy) is 3. The van der Waals surface area contributed by atoms with E-state index in [0.29, 0.717) is 67.6 Å². The van der Waals surface area contributed by atoms with Crippen LogP contribution in [0.1, 0.15) is 48.5 Å². The molecule has 2 amide bonds. The van der Waals surface area contributed by atoms with Gasteiger partial charge in [-0.05, 0) is 56.9 Å². The number of amides is 2. The molecule has 2 N–H and O–H groups in total. The molecule has 4 rings (SSSR count). The summed E-state index contributed by atoms with van der Waals surface area (Å²) >= 11 is 0. The van der Waals surface area contributed by atoms with Crippen molar-refractivity contribution < 1.29 is 28.6 Å². The van der Waals surface area contributed by atoms with Gasteiger partial charge in [-0.1, -0.05) is 12.1 Å². The van der Waals surface area contributed by atoms with E-state index in [9.17, 15) is 14.4 Å². The SMILES string of the molecule is COCCCOc1cc(N(C(=O)[C@H]2CNC[C@@H](C(=O)Nc3c(C)cccc3OC)C2)C2CC2)ccc1C(C)=O. The van der Waals surface area contributed by atoms with Crippen molar-refractivity contribution in [3.8, 4) is 11.5 Å². The van der Waals surface area contributed by atoms with Crippen molar-refractivity contribution in [2.75, 3.05) is 50.7 Å². The third kappa shape index (κ3) is 6.96. The van der Waals surface area contributed by atoms with Gasteiger partial charge in [0.2, 0.25) is 11.8 Å². The molecule has 0 spiro atoms. The van der Waals surface area contributed by atoms with Crippen LogP contribution in [-0.2, 0) is 14.3 Å². The summed E-state index contributed by atoms with van der Waals surface area (Å²) in [5, 5.41) is 6.32. The fourth-order valence-corrected chi connectivity index (χ4v) is 5.03. The molecule has 0 radical (unpaired) electrons. The van der Waals surface area contributed by atoms with E-state index in [1.54, 1.807) is 26.4 Å². The number of nitrogens with zero attached hydrogens (tertiary/aromatic N) is 1. The number of carbonyl (C=O) groups excluding carboxylic acids is 3. The van der Waals surface area contributed by atoms with Crippen LogP contribution in [0.3, 0.4) is 0 Å². The molecule has 39 heavy (non-hydrogen) atoms. The Kier molecular flexibility index (Phi) is 9.59. The molecule has 0 unspecified atom stereocenters. The number of hydrogen-bond donors (Lipinski definition) is 2. The monoisotopic (exact) mass is 537 g/mol. The number of hydrogen-bond acceptors (Lipinski definition) is 7. The summed E-state index contributed by atoms with van der Waals surface area (Å²) in [6.45, 7) is 5.40. The first-order chi connectivity index (χ1) is 18.8. The van der Waals surface area contributed by atoms with E-state index in [4.69, 9.17) is 14.2 Å². The molecule has 9 heteroatoms. The predicted octanol–water partition coefficient (Wildman–Crippen LogP) is 3.98. The van der Waals surface area contributed by atoms with Gasteiger partial charge in [-0.25, -0.2) is 0 Å². The summed E-state index contributed by atoms with van der Waals surface area (Å²) in [6.07, 6.45) is 2.97. The summed E-state index contributed by atoms with van der Waals surface area (Å²) in [7, 11) is 3.21. The number of aryl methyl sites for hydroxylation is 1. The minimum absolute atomic E-state index is 0.0168. The lowest BCUT2D eigenvalue weighted by atomic mass is 9.88. The molecule has 1 saturated heterocycles.